The summed E-state index contributed by atoms with van der Waals surface area (Å²) in [6, 6.07) is 0.529. The predicted octanol–water partition coefficient (Wildman–Crippen LogP) is 0.233. The smallest absolute Gasteiger partial charge is 0.246 e. The Bertz CT molecular complexity index is 185. The normalized spacial score (nSPS) is 22.6. The summed E-state index contributed by atoms with van der Waals surface area (Å²) in [5.41, 5.74) is 0. The number of likely N-dealkylation sites (tertiary alicyclic amines) is 1. The third-order valence-corrected chi connectivity index (χ3v) is 2.72. The number of carbonyl (C=O) groups excluding carboxylic acids is 1. The molecule has 0 spiro atoms. The average molecular weight is 200 g/mol. The zero-order chi connectivity index (χ0) is 10.4. The van der Waals surface area contributed by atoms with Gasteiger partial charge in [0.15, 0.2) is 0 Å². The quantitative estimate of drug-likeness (QED) is 0.691. The van der Waals surface area contributed by atoms with Crippen molar-refractivity contribution in [1.29, 1.82) is 0 Å². The van der Waals surface area contributed by atoms with Crippen LogP contribution in [-0.4, -0.2) is 50.2 Å². The molecule has 0 aromatic rings. The standard InChI is InChI=1S/C10H20N2O2/c1-3-12-6-4-5-9(12)7-11-10(13)8-14-2/h9H,3-8H2,1-2H3,(H,11,13). The van der Waals surface area contributed by atoms with Crippen molar-refractivity contribution in [3.05, 3.63) is 0 Å². The summed E-state index contributed by atoms with van der Waals surface area (Å²) in [6.07, 6.45) is 2.44. The van der Waals surface area contributed by atoms with Gasteiger partial charge in [0.1, 0.15) is 6.61 Å². The van der Waals surface area contributed by atoms with E-state index in [4.69, 9.17) is 4.74 Å². The zero-order valence-electron chi connectivity index (χ0n) is 9.08. The third-order valence-electron chi connectivity index (χ3n) is 2.72. The lowest BCUT2D eigenvalue weighted by molar-refractivity contribution is -0.124. The summed E-state index contributed by atoms with van der Waals surface area (Å²) in [5, 5.41) is 2.88. The van der Waals surface area contributed by atoms with Crippen LogP contribution in [0.25, 0.3) is 0 Å². The van der Waals surface area contributed by atoms with Gasteiger partial charge >= 0.3 is 0 Å². The lowest BCUT2D eigenvalue weighted by Crippen LogP contribution is -2.41. The van der Waals surface area contributed by atoms with Crippen LogP contribution in [0.4, 0.5) is 0 Å². The van der Waals surface area contributed by atoms with Crippen molar-refractivity contribution < 1.29 is 9.53 Å². The maximum atomic E-state index is 11.1. The van der Waals surface area contributed by atoms with Crippen LogP contribution in [0.1, 0.15) is 19.8 Å². The Morgan fingerprint density at radius 3 is 3.07 bits per heavy atom. The Morgan fingerprint density at radius 2 is 2.43 bits per heavy atom. The molecule has 0 radical (unpaired) electrons. The van der Waals surface area contributed by atoms with E-state index < -0.39 is 0 Å². The van der Waals surface area contributed by atoms with Crippen LogP contribution in [0.15, 0.2) is 0 Å². The molecule has 1 fully saturated rings. The van der Waals surface area contributed by atoms with Gasteiger partial charge < -0.3 is 10.1 Å². The van der Waals surface area contributed by atoms with Crippen molar-refractivity contribution in [2.45, 2.75) is 25.8 Å². The molecule has 1 unspecified atom stereocenters. The Morgan fingerprint density at radius 1 is 1.64 bits per heavy atom. The highest BCUT2D eigenvalue weighted by Gasteiger charge is 2.22. The van der Waals surface area contributed by atoms with Crippen LogP contribution in [-0.2, 0) is 9.53 Å². The monoisotopic (exact) mass is 200 g/mol. The number of amides is 1. The third kappa shape index (κ3) is 3.27. The summed E-state index contributed by atoms with van der Waals surface area (Å²) in [6.45, 7) is 5.33. The summed E-state index contributed by atoms with van der Waals surface area (Å²) in [5.74, 6) is -0.0181. The molecule has 82 valence electrons. The Balaban J connectivity index is 2.20. The van der Waals surface area contributed by atoms with Crippen LogP contribution < -0.4 is 5.32 Å². The van der Waals surface area contributed by atoms with Crippen molar-refractivity contribution in [3.8, 4) is 0 Å². The molecule has 1 rings (SSSR count). The minimum atomic E-state index is -0.0181. The molecule has 0 aromatic carbocycles. The van der Waals surface area contributed by atoms with Gasteiger partial charge in [-0.15, -0.1) is 0 Å². The second-order valence-electron chi connectivity index (χ2n) is 3.66. The van der Waals surface area contributed by atoms with Crippen molar-refractivity contribution in [2.24, 2.45) is 0 Å². The lowest BCUT2D eigenvalue weighted by atomic mass is 10.2. The van der Waals surface area contributed by atoms with E-state index in [1.54, 1.807) is 0 Å². The largest absolute Gasteiger partial charge is 0.375 e. The second-order valence-corrected chi connectivity index (χ2v) is 3.66. The fourth-order valence-corrected chi connectivity index (χ4v) is 1.96. The minimum absolute atomic E-state index is 0.0181. The summed E-state index contributed by atoms with van der Waals surface area (Å²) in [4.78, 5) is 13.5. The van der Waals surface area contributed by atoms with Gasteiger partial charge in [-0.05, 0) is 25.9 Å². The van der Waals surface area contributed by atoms with E-state index in [1.807, 2.05) is 0 Å². The first-order valence-electron chi connectivity index (χ1n) is 5.27. The van der Waals surface area contributed by atoms with Gasteiger partial charge in [-0.25, -0.2) is 0 Å². The maximum Gasteiger partial charge on any atom is 0.246 e. The molecule has 0 bridgehead atoms. The van der Waals surface area contributed by atoms with Gasteiger partial charge in [0.05, 0.1) is 0 Å². The number of hydrogen-bond acceptors (Lipinski definition) is 3. The molecule has 4 heteroatoms. The molecule has 1 amide bonds. The zero-order valence-corrected chi connectivity index (χ0v) is 9.08. The number of nitrogens with one attached hydrogen (secondary N) is 1. The molecule has 1 heterocycles. The second kappa shape index (κ2) is 5.98. The average Bonchev–Trinajstić information content (AvgIpc) is 2.62. The highest BCUT2D eigenvalue weighted by molar-refractivity contribution is 5.77. The predicted molar refractivity (Wildman–Crippen MR) is 55.2 cm³/mol. The van der Waals surface area contributed by atoms with Crippen LogP contribution in [0.2, 0.25) is 0 Å². The number of ether oxygens (including phenoxy) is 1. The van der Waals surface area contributed by atoms with Gasteiger partial charge in [0.25, 0.3) is 0 Å². The van der Waals surface area contributed by atoms with Gasteiger partial charge in [-0.1, -0.05) is 6.92 Å². The number of nitrogens with zero attached hydrogens (tertiary/aromatic N) is 1. The number of hydrogen-bond donors (Lipinski definition) is 1. The first-order valence-corrected chi connectivity index (χ1v) is 5.27. The van der Waals surface area contributed by atoms with E-state index in [2.05, 4.69) is 17.1 Å². The lowest BCUT2D eigenvalue weighted by Gasteiger charge is -2.22. The number of methoxy groups -OCH3 is 1. The number of rotatable bonds is 5. The van der Waals surface area contributed by atoms with Crippen molar-refractivity contribution in [1.82, 2.24) is 10.2 Å². The Labute approximate surface area is 85.6 Å². The van der Waals surface area contributed by atoms with Gasteiger partial charge in [0, 0.05) is 19.7 Å². The SMILES string of the molecule is CCN1CCCC1CNC(=O)COC. The van der Waals surface area contributed by atoms with E-state index in [0.29, 0.717) is 6.04 Å². The summed E-state index contributed by atoms with van der Waals surface area (Å²) < 4.78 is 4.75. The molecule has 0 aliphatic carbocycles. The highest BCUT2D eigenvalue weighted by Crippen LogP contribution is 2.15. The molecule has 1 aliphatic rings. The fraction of sp³-hybridized carbons (Fsp3) is 0.900. The maximum absolute atomic E-state index is 11.1. The Kier molecular flexibility index (Phi) is 4.90. The van der Waals surface area contributed by atoms with Gasteiger partial charge in [-0.2, -0.15) is 0 Å². The van der Waals surface area contributed by atoms with Crippen molar-refractivity contribution in [2.75, 3.05) is 33.4 Å². The highest BCUT2D eigenvalue weighted by atomic mass is 16.5. The fourth-order valence-electron chi connectivity index (χ4n) is 1.96. The molecule has 0 aromatic heterocycles. The number of likely N-dealkylation sites (N-methyl/N-ethyl adjacent to an activating group) is 1. The molecule has 1 saturated heterocycles. The molecule has 0 saturated carbocycles. The van der Waals surface area contributed by atoms with Crippen LogP contribution in [0.5, 0.6) is 0 Å². The van der Waals surface area contributed by atoms with E-state index >= 15 is 0 Å². The topological polar surface area (TPSA) is 41.6 Å². The molecular formula is C10H20N2O2. The van der Waals surface area contributed by atoms with Crippen LogP contribution in [0.3, 0.4) is 0 Å². The van der Waals surface area contributed by atoms with Crippen molar-refractivity contribution in [3.63, 3.8) is 0 Å². The van der Waals surface area contributed by atoms with Crippen molar-refractivity contribution >= 4 is 5.91 Å². The van der Waals surface area contributed by atoms with Gasteiger partial charge in [0.2, 0.25) is 5.91 Å². The van der Waals surface area contributed by atoms with Gasteiger partial charge in [-0.3, -0.25) is 9.69 Å². The first kappa shape index (κ1) is 11.5. The summed E-state index contributed by atoms with van der Waals surface area (Å²) in [7, 11) is 1.54. The van der Waals surface area contributed by atoms with E-state index in [-0.39, 0.29) is 12.5 Å². The van der Waals surface area contributed by atoms with E-state index in [0.717, 1.165) is 13.1 Å². The van der Waals surface area contributed by atoms with E-state index in [9.17, 15) is 4.79 Å². The molecule has 1 N–H and O–H groups in total. The molecular weight excluding hydrogens is 180 g/mol. The molecule has 4 nitrogen and oxygen atoms in total. The minimum Gasteiger partial charge on any atom is -0.375 e. The van der Waals surface area contributed by atoms with E-state index in [1.165, 1.54) is 26.5 Å². The number of carbonyl (C=O) groups is 1. The Hall–Kier alpha value is -0.610. The molecule has 1 atom stereocenters. The van der Waals surface area contributed by atoms with Crippen LogP contribution in [0, 0.1) is 0 Å². The molecule has 14 heavy (non-hydrogen) atoms. The van der Waals surface area contributed by atoms with Crippen LogP contribution >= 0.6 is 0 Å². The first-order chi connectivity index (χ1) is 6.77. The molecule has 1 aliphatic heterocycles. The summed E-state index contributed by atoms with van der Waals surface area (Å²) >= 11 is 0.